The van der Waals surface area contributed by atoms with Crippen molar-refractivity contribution in [2.75, 3.05) is 11.9 Å². The van der Waals surface area contributed by atoms with E-state index in [0.717, 1.165) is 23.3 Å². The van der Waals surface area contributed by atoms with Crippen LogP contribution in [0.5, 0.6) is 0 Å². The number of hydrogen-bond acceptors (Lipinski definition) is 7. The number of hydrogen-bond donors (Lipinski definition) is 2. The number of aliphatic hydroxyl groups excluding tert-OH is 1. The van der Waals surface area contributed by atoms with Crippen LogP contribution in [0, 0.1) is 19.8 Å². The largest absolute Gasteiger partial charge is 0.393 e. The lowest BCUT2D eigenvalue weighted by molar-refractivity contribution is 0.0697. The highest BCUT2D eigenvalue weighted by Crippen LogP contribution is 2.38. The number of anilines is 1. The number of aliphatic hydroxyl groups is 1. The van der Waals surface area contributed by atoms with Gasteiger partial charge in [-0.3, -0.25) is 4.79 Å². The van der Waals surface area contributed by atoms with Gasteiger partial charge in [-0.2, -0.15) is 0 Å². The number of aryl methyl sites for hydroxylation is 1. The Kier molecular flexibility index (Phi) is 5.80. The number of fused-ring (bicyclic) bond motifs is 1. The van der Waals surface area contributed by atoms with Gasteiger partial charge < -0.3 is 15.2 Å². The maximum Gasteiger partial charge on any atom is 0.208 e. The second-order valence-corrected chi connectivity index (χ2v) is 9.83. The molecule has 2 aromatic heterocycles. The van der Waals surface area contributed by atoms with Crippen LogP contribution in [0.4, 0.5) is 5.82 Å². The molecule has 1 saturated carbocycles. The Morgan fingerprint density at radius 1 is 1.28 bits per heavy atom. The lowest BCUT2D eigenvalue weighted by atomic mass is 9.93. The van der Waals surface area contributed by atoms with Crippen LogP contribution < -0.4 is 5.32 Å². The molecule has 1 fully saturated rings. The molecule has 1 aliphatic carbocycles. The predicted octanol–water partition coefficient (Wildman–Crippen LogP) is 4.13. The van der Waals surface area contributed by atoms with Crippen molar-refractivity contribution >= 4 is 22.9 Å². The molecule has 7 heteroatoms. The maximum absolute atomic E-state index is 13.5. The molecule has 6 nitrogen and oxygen atoms in total. The number of ketones is 1. The number of thiophene rings is 1. The Bertz CT molecular complexity index is 1130. The molecule has 165 valence electrons. The minimum atomic E-state index is -0.436. The van der Waals surface area contributed by atoms with Gasteiger partial charge in [0.1, 0.15) is 18.2 Å². The molecule has 5 rings (SSSR count). The summed E-state index contributed by atoms with van der Waals surface area (Å²) in [6, 6.07) is 10.3. The van der Waals surface area contributed by atoms with Crippen LogP contribution in [-0.4, -0.2) is 39.6 Å². The van der Waals surface area contributed by atoms with E-state index in [0.29, 0.717) is 29.3 Å². The highest BCUT2D eigenvalue weighted by Gasteiger charge is 2.31. The van der Waals surface area contributed by atoms with E-state index in [4.69, 9.17) is 4.74 Å². The second kappa shape index (κ2) is 8.73. The molecule has 32 heavy (non-hydrogen) atoms. The van der Waals surface area contributed by atoms with Crippen LogP contribution >= 0.6 is 11.3 Å². The smallest absolute Gasteiger partial charge is 0.208 e. The van der Waals surface area contributed by atoms with Gasteiger partial charge in [0.15, 0.2) is 0 Å². The SMILES string of the molecule is [CH2][C@@H]1C[C@@H](Nc2ncncc2C(=O)c2cc([C@@H]3OCCc4ccccc43)c(C)s2)C[C@@H]1O. The van der Waals surface area contributed by atoms with E-state index in [1.165, 1.54) is 28.8 Å². The summed E-state index contributed by atoms with van der Waals surface area (Å²) in [6.07, 6.45) is 4.63. The van der Waals surface area contributed by atoms with Gasteiger partial charge in [0.25, 0.3) is 0 Å². The number of carbonyl (C=O) groups excluding carboxylic acids is 1. The van der Waals surface area contributed by atoms with Gasteiger partial charge in [-0.05, 0) is 61.8 Å². The second-order valence-electron chi connectivity index (χ2n) is 8.58. The Balaban J connectivity index is 1.42. The van der Waals surface area contributed by atoms with E-state index >= 15 is 0 Å². The quantitative estimate of drug-likeness (QED) is 0.571. The summed E-state index contributed by atoms with van der Waals surface area (Å²) in [4.78, 5) is 23.6. The van der Waals surface area contributed by atoms with E-state index in [-0.39, 0.29) is 23.8 Å². The average Bonchev–Trinajstić information content (AvgIpc) is 3.34. The number of carbonyl (C=O) groups is 1. The molecule has 2 N–H and O–H groups in total. The Hall–Kier alpha value is -2.61. The number of nitrogens with one attached hydrogen (secondary N) is 1. The molecule has 1 aromatic carbocycles. The highest BCUT2D eigenvalue weighted by atomic mass is 32.1. The highest BCUT2D eigenvalue weighted by molar-refractivity contribution is 7.14. The number of benzene rings is 1. The summed E-state index contributed by atoms with van der Waals surface area (Å²) in [5.41, 5.74) is 3.95. The van der Waals surface area contributed by atoms with Gasteiger partial charge in [0.05, 0.1) is 23.2 Å². The molecule has 0 amide bonds. The Labute approximate surface area is 191 Å². The number of nitrogens with zero attached hydrogens (tertiary/aromatic N) is 2. The third-order valence-electron chi connectivity index (χ3n) is 6.41. The summed E-state index contributed by atoms with van der Waals surface area (Å²) in [7, 11) is 0. The summed E-state index contributed by atoms with van der Waals surface area (Å²) in [5.74, 6) is 0.374. The topological polar surface area (TPSA) is 84.3 Å². The van der Waals surface area contributed by atoms with Crippen molar-refractivity contribution in [3.8, 4) is 0 Å². The third-order valence-corrected chi connectivity index (χ3v) is 7.48. The first-order chi connectivity index (χ1) is 15.5. The van der Waals surface area contributed by atoms with Gasteiger partial charge in [-0.1, -0.05) is 24.3 Å². The van der Waals surface area contributed by atoms with Crippen molar-refractivity contribution < 1.29 is 14.6 Å². The van der Waals surface area contributed by atoms with Crippen molar-refractivity contribution in [1.29, 1.82) is 0 Å². The van der Waals surface area contributed by atoms with Gasteiger partial charge in [0, 0.05) is 17.1 Å². The molecule has 0 spiro atoms. The van der Waals surface area contributed by atoms with Crippen LogP contribution in [0.25, 0.3) is 0 Å². The van der Waals surface area contributed by atoms with Crippen LogP contribution in [-0.2, 0) is 11.2 Å². The van der Waals surface area contributed by atoms with Crippen LogP contribution in [0.1, 0.15) is 55.7 Å². The fourth-order valence-electron chi connectivity index (χ4n) is 4.68. The Morgan fingerprint density at radius 3 is 2.94 bits per heavy atom. The summed E-state index contributed by atoms with van der Waals surface area (Å²) >= 11 is 1.47. The zero-order valence-corrected chi connectivity index (χ0v) is 18.8. The van der Waals surface area contributed by atoms with Crippen molar-refractivity contribution in [3.05, 3.63) is 81.8 Å². The first-order valence-electron chi connectivity index (χ1n) is 10.9. The van der Waals surface area contributed by atoms with E-state index < -0.39 is 6.10 Å². The molecule has 3 heterocycles. The van der Waals surface area contributed by atoms with E-state index in [1.807, 2.05) is 19.1 Å². The lowest BCUT2D eigenvalue weighted by Crippen LogP contribution is -2.20. The summed E-state index contributed by atoms with van der Waals surface area (Å²) in [5, 5.41) is 13.3. The standard InChI is InChI=1S/C25H26N3O3S/c1-14-9-17(10-21(14)29)28-25-20(12-26-13-27-25)23(30)22-11-19(15(2)32-22)24-18-6-4-3-5-16(18)7-8-31-24/h3-6,11-14,17,21,24,29H,1,7-10H2,2H3,(H,26,27,28)/t14-,17-,21+,24-/m1/s1. The fourth-order valence-corrected chi connectivity index (χ4v) is 5.68. The normalized spacial score (nSPS) is 24.8. The molecule has 2 aliphatic rings. The zero-order chi connectivity index (χ0) is 22.2. The van der Waals surface area contributed by atoms with E-state index in [9.17, 15) is 9.90 Å². The first-order valence-corrected chi connectivity index (χ1v) is 11.7. The minimum absolute atomic E-state index is 0.0191. The first kappa shape index (κ1) is 21.2. The van der Waals surface area contributed by atoms with Gasteiger partial charge >= 0.3 is 0 Å². The van der Waals surface area contributed by atoms with Gasteiger partial charge in [-0.15, -0.1) is 11.3 Å². The molecule has 1 radical (unpaired) electrons. The molecule has 0 saturated heterocycles. The minimum Gasteiger partial charge on any atom is -0.393 e. The molecule has 0 unspecified atom stereocenters. The number of ether oxygens (including phenoxy) is 1. The summed E-state index contributed by atoms with van der Waals surface area (Å²) in [6.45, 7) is 6.69. The predicted molar refractivity (Wildman–Crippen MR) is 124 cm³/mol. The van der Waals surface area contributed by atoms with Crippen LogP contribution in [0.2, 0.25) is 0 Å². The monoisotopic (exact) mass is 448 g/mol. The van der Waals surface area contributed by atoms with Gasteiger partial charge in [0.2, 0.25) is 5.78 Å². The molecular weight excluding hydrogens is 422 g/mol. The van der Waals surface area contributed by atoms with Crippen molar-refractivity contribution in [1.82, 2.24) is 9.97 Å². The number of aromatic nitrogens is 2. The Morgan fingerprint density at radius 2 is 2.12 bits per heavy atom. The van der Waals surface area contributed by atoms with Crippen LogP contribution in [0.15, 0.2) is 42.9 Å². The van der Waals surface area contributed by atoms with Crippen molar-refractivity contribution in [2.24, 2.45) is 5.92 Å². The fraction of sp³-hybridized carbons (Fsp3) is 0.360. The molecule has 1 aliphatic heterocycles. The third kappa shape index (κ3) is 3.96. The average molecular weight is 449 g/mol. The molecule has 4 atom stereocenters. The zero-order valence-electron chi connectivity index (χ0n) is 18.0. The van der Waals surface area contributed by atoms with Gasteiger partial charge in [-0.25, -0.2) is 9.97 Å². The summed E-state index contributed by atoms with van der Waals surface area (Å²) < 4.78 is 6.13. The molecular formula is C25H26N3O3S. The van der Waals surface area contributed by atoms with Crippen LogP contribution in [0.3, 0.4) is 0 Å². The lowest BCUT2D eigenvalue weighted by Gasteiger charge is -2.26. The van der Waals surface area contributed by atoms with E-state index in [2.05, 4.69) is 40.4 Å². The number of rotatable bonds is 5. The van der Waals surface area contributed by atoms with Crippen molar-refractivity contribution in [2.45, 2.75) is 44.4 Å². The molecule has 3 aromatic rings. The van der Waals surface area contributed by atoms with E-state index in [1.54, 1.807) is 6.20 Å². The van der Waals surface area contributed by atoms with Crippen molar-refractivity contribution in [3.63, 3.8) is 0 Å². The molecule has 0 bridgehead atoms. The maximum atomic E-state index is 13.5.